The van der Waals surface area contributed by atoms with E-state index in [1.165, 1.54) is 0 Å². The molecule has 0 fully saturated rings. The van der Waals surface area contributed by atoms with Crippen LogP contribution in [0.4, 0.5) is 0 Å². The summed E-state index contributed by atoms with van der Waals surface area (Å²) >= 11 is 6.41. The molecule has 0 aliphatic rings. The first-order valence-electron chi connectivity index (χ1n) is 9.63. The number of hydrogen-bond donors (Lipinski definition) is 1. The molecule has 2 heterocycles. The summed E-state index contributed by atoms with van der Waals surface area (Å²) in [4.78, 5) is 4.05. The van der Waals surface area contributed by atoms with Crippen LogP contribution >= 0.6 is 11.6 Å². The number of nitrogens with zero attached hydrogens (tertiary/aromatic N) is 2. The molecule has 0 radical (unpaired) electrons. The molecule has 156 valence electrons. The molecule has 1 N–H and O–H groups in total. The second-order valence-electron chi connectivity index (χ2n) is 8.39. The maximum Gasteiger partial charge on any atom is 0.185 e. The van der Waals surface area contributed by atoms with Gasteiger partial charge >= 0.3 is 0 Å². The third-order valence-electron chi connectivity index (χ3n) is 4.25. The molecule has 0 saturated heterocycles. The van der Waals surface area contributed by atoms with Crippen LogP contribution in [-0.2, 0) is 10.0 Å². The van der Waals surface area contributed by atoms with Crippen LogP contribution in [0.25, 0.3) is 11.3 Å². The van der Waals surface area contributed by atoms with Crippen LogP contribution in [0.3, 0.4) is 0 Å². The fraction of sp³-hybridized carbons (Fsp3) is 0.304. The smallest absolute Gasteiger partial charge is 0.185 e. The molecule has 30 heavy (non-hydrogen) atoms. The van der Waals surface area contributed by atoms with Crippen molar-refractivity contribution in [3.63, 3.8) is 0 Å². The van der Waals surface area contributed by atoms with Crippen LogP contribution < -0.4 is 0 Å². The van der Waals surface area contributed by atoms with Gasteiger partial charge in [0.05, 0.1) is 10.6 Å². The highest BCUT2D eigenvalue weighted by atomic mass is 35.5. The maximum absolute atomic E-state index is 11.1. The molecular formula is C23H25ClN2O3Si. The first-order valence-corrected chi connectivity index (χ1v) is 13.4. The Kier molecular flexibility index (Phi) is 6.49. The monoisotopic (exact) mass is 440 g/mol. The van der Waals surface area contributed by atoms with Crippen LogP contribution in [0, 0.1) is 11.8 Å². The molecule has 2 aromatic heterocycles. The average molecular weight is 441 g/mol. The van der Waals surface area contributed by atoms with Crippen molar-refractivity contribution in [2.75, 3.05) is 0 Å². The van der Waals surface area contributed by atoms with E-state index < -0.39 is 20.0 Å². The number of rotatable bonds is 5. The molecule has 3 aromatic rings. The summed E-state index contributed by atoms with van der Waals surface area (Å²) in [6.07, 6.45) is 2.16. The minimum absolute atomic E-state index is 0.438. The Balaban J connectivity index is 2.13. The Morgan fingerprint density at radius 2 is 1.90 bits per heavy atom. The summed E-state index contributed by atoms with van der Waals surface area (Å²) < 4.78 is 12.1. The molecule has 7 heteroatoms. The van der Waals surface area contributed by atoms with Gasteiger partial charge in [-0.15, -0.1) is 0 Å². The first kappa shape index (κ1) is 22.3. The van der Waals surface area contributed by atoms with Gasteiger partial charge in [0, 0.05) is 23.5 Å². The van der Waals surface area contributed by atoms with E-state index in [0.717, 1.165) is 0 Å². The summed E-state index contributed by atoms with van der Waals surface area (Å²) in [6.45, 7) is 10.1. The highest BCUT2D eigenvalue weighted by Gasteiger charge is 2.38. The van der Waals surface area contributed by atoms with Crippen molar-refractivity contribution in [3.05, 3.63) is 70.7 Å². The average Bonchev–Trinajstić information content (AvgIpc) is 3.11. The van der Waals surface area contributed by atoms with Crippen LogP contribution in [0.15, 0.2) is 53.3 Å². The minimum atomic E-state index is -1.92. The van der Waals surface area contributed by atoms with Gasteiger partial charge in [0.2, 0.25) is 0 Å². The van der Waals surface area contributed by atoms with E-state index in [1.807, 2.05) is 38.1 Å². The van der Waals surface area contributed by atoms with E-state index in [9.17, 15) is 5.11 Å². The molecular weight excluding hydrogens is 416 g/mol. The van der Waals surface area contributed by atoms with Gasteiger partial charge in [-0.2, -0.15) is 0 Å². The predicted octanol–water partition coefficient (Wildman–Crippen LogP) is 5.56. The van der Waals surface area contributed by atoms with Crippen molar-refractivity contribution in [3.8, 4) is 23.1 Å². The van der Waals surface area contributed by atoms with E-state index in [2.05, 4.69) is 41.6 Å². The molecule has 0 aliphatic heterocycles. The van der Waals surface area contributed by atoms with Gasteiger partial charge in [0.1, 0.15) is 17.4 Å². The van der Waals surface area contributed by atoms with Gasteiger partial charge < -0.3 is 14.1 Å². The SMILES string of the molecule is CC(C)(O[Si](C)(C)C)c1onc(-c2ccccc2Cl)c1C(O)C#Cc1cccnc1. The number of hydrogen-bond acceptors (Lipinski definition) is 5. The second kappa shape index (κ2) is 8.74. The molecule has 1 aromatic carbocycles. The van der Waals surface area contributed by atoms with Crippen molar-refractivity contribution in [1.82, 2.24) is 10.1 Å². The van der Waals surface area contributed by atoms with E-state index in [-0.39, 0.29) is 0 Å². The Labute approximate surface area is 183 Å². The Hall–Kier alpha value is -2.43. The van der Waals surface area contributed by atoms with Crippen LogP contribution in [0.1, 0.15) is 36.8 Å². The zero-order valence-corrected chi connectivity index (χ0v) is 19.5. The molecule has 0 bridgehead atoms. The number of aliphatic hydroxyl groups is 1. The zero-order valence-electron chi connectivity index (χ0n) is 17.7. The largest absolute Gasteiger partial charge is 0.405 e. The topological polar surface area (TPSA) is 68.4 Å². The van der Waals surface area contributed by atoms with Gasteiger partial charge in [-0.25, -0.2) is 0 Å². The third-order valence-corrected chi connectivity index (χ3v) is 5.71. The normalized spacial score (nSPS) is 12.9. The molecule has 0 saturated carbocycles. The molecule has 0 spiro atoms. The van der Waals surface area contributed by atoms with Gasteiger partial charge in [-0.1, -0.05) is 46.8 Å². The molecule has 1 unspecified atom stereocenters. The van der Waals surface area contributed by atoms with E-state index in [1.54, 1.807) is 24.5 Å². The number of benzene rings is 1. The van der Waals surface area contributed by atoms with E-state index in [0.29, 0.717) is 33.2 Å². The second-order valence-corrected chi connectivity index (χ2v) is 13.2. The lowest BCUT2D eigenvalue weighted by Gasteiger charge is -2.31. The number of aliphatic hydroxyl groups excluding tert-OH is 1. The van der Waals surface area contributed by atoms with Crippen molar-refractivity contribution in [2.45, 2.75) is 45.2 Å². The van der Waals surface area contributed by atoms with E-state index >= 15 is 0 Å². The van der Waals surface area contributed by atoms with Crippen molar-refractivity contribution >= 4 is 19.9 Å². The quantitative estimate of drug-likeness (QED) is 0.415. The molecule has 1 atom stereocenters. The van der Waals surface area contributed by atoms with Crippen LogP contribution in [0.2, 0.25) is 24.7 Å². The number of halogens is 1. The maximum atomic E-state index is 11.1. The minimum Gasteiger partial charge on any atom is -0.405 e. The van der Waals surface area contributed by atoms with Crippen molar-refractivity contribution in [1.29, 1.82) is 0 Å². The number of aromatic nitrogens is 2. The summed E-state index contributed by atoms with van der Waals surface area (Å²) in [5.74, 6) is 6.28. The summed E-state index contributed by atoms with van der Waals surface area (Å²) in [6, 6.07) is 10.9. The number of pyridine rings is 1. The van der Waals surface area contributed by atoms with Crippen molar-refractivity contribution < 1.29 is 14.1 Å². The van der Waals surface area contributed by atoms with Gasteiger partial charge in [-0.05, 0) is 51.7 Å². The Morgan fingerprint density at radius 3 is 2.53 bits per heavy atom. The lowest BCUT2D eigenvalue weighted by atomic mass is 9.94. The highest BCUT2D eigenvalue weighted by Crippen LogP contribution is 2.40. The lowest BCUT2D eigenvalue weighted by molar-refractivity contribution is 0.0631. The van der Waals surface area contributed by atoms with Crippen LogP contribution in [-0.4, -0.2) is 23.6 Å². The summed E-state index contributed by atoms with van der Waals surface area (Å²) in [5.41, 5.74) is 1.48. The van der Waals surface area contributed by atoms with Crippen LogP contribution in [0.5, 0.6) is 0 Å². The highest BCUT2D eigenvalue weighted by molar-refractivity contribution is 6.69. The molecule has 5 nitrogen and oxygen atoms in total. The fourth-order valence-corrected chi connectivity index (χ4v) is 5.15. The lowest BCUT2D eigenvalue weighted by Crippen LogP contribution is -2.37. The molecule has 3 rings (SSSR count). The standard InChI is InChI=1S/C23H25ClN2O3Si/c1-23(2,29-30(3,4)5)22-20(19(27)13-12-16-9-8-14-25-15-16)21(26-28-22)17-10-6-7-11-18(17)24/h6-11,14-15,19,27H,1-5H3. The zero-order chi connectivity index (χ0) is 21.9. The van der Waals surface area contributed by atoms with E-state index in [4.69, 9.17) is 20.6 Å². The summed E-state index contributed by atoms with van der Waals surface area (Å²) in [5, 5.41) is 15.8. The third kappa shape index (κ3) is 5.18. The van der Waals surface area contributed by atoms with Gasteiger partial charge in [0.15, 0.2) is 14.1 Å². The Morgan fingerprint density at radius 1 is 1.17 bits per heavy atom. The first-order chi connectivity index (χ1) is 14.1. The fourth-order valence-electron chi connectivity index (χ4n) is 3.30. The predicted molar refractivity (Wildman–Crippen MR) is 120 cm³/mol. The summed E-state index contributed by atoms with van der Waals surface area (Å²) in [7, 11) is -1.92. The van der Waals surface area contributed by atoms with Crippen molar-refractivity contribution in [2.24, 2.45) is 0 Å². The van der Waals surface area contributed by atoms with Gasteiger partial charge in [-0.3, -0.25) is 4.98 Å². The molecule has 0 aliphatic carbocycles. The Bertz CT molecular complexity index is 1080. The van der Waals surface area contributed by atoms with Gasteiger partial charge in [0.25, 0.3) is 0 Å². The molecule has 0 amide bonds.